The summed E-state index contributed by atoms with van der Waals surface area (Å²) in [5.74, 6) is -3.98. The molecular formula is C17H26F2N4O6S. The first kappa shape index (κ1) is 24.0. The van der Waals surface area contributed by atoms with Gasteiger partial charge in [0.2, 0.25) is 18.2 Å². The Hall–Kier alpha value is -2.31. The first-order valence-electron chi connectivity index (χ1n) is 9.53. The molecule has 30 heavy (non-hydrogen) atoms. The first-order valence-corrected chi connectivity index (χ1v) is 10.7. The van der Waals surface area contributed by atoms with Gasteiger partial charge in [-0.05, 0) is 32.6 Å². The van der Waals surface area contributed by atoms with Gasteiger partial charge in [0.05, 0.1) is 4.75 Å². The van der Waals surface area contributed by atoms with E-state index in [0.717, 1.165) is 11.8 Å². The Kier molecular flexibility index (Phi) is 7.72. The molecule has 4 atom stereocenters. The molecule has 2 rings (SSSR count). The Labute approximate surface area is 174 Å². The summed E-state index contributed by atoms with van der Waals surface area (Å²) < 4.78 is 40.4. The lowest BCUT2D eigenvalue weighted by Gasteiger charge is -2.28. The van der Waals surface area contributed by atoms with Gasteiger partial charge in [-0.3, -0.25) is 19.1 Å². The quantitative estimate of drug-likeness (QED) is 0.386. The van der Waals surface area contributed by atoms with Crippen LogP contribution < -0.4 is 15.4 Å². The maximum absolute atomic E-state index is 13.3. The number of halogens is 2. The molecule has 0 spiro atoms. The van der Waals surface area contributed by atoms with E-state index in [1.807, 2.05) is 5.32 Å². The number of carbonyl (C=O) groups is 4. The topological polar surface area (TPSA) is 145 Å². The standard InChI is InChI=1S/C17H26F2N4O6S/c1-9(13(18)19)12(15(26)22-30(29)17(2)5-6-17)21-14(25)10-4-3-7-23(10)11(24)8-20-16(27)28/h9-10,12-13,20H,3-8H2,1-2H3,(H,21,25)(H,22,26)(H,27,28)/t9-,10?,12?,30?/m1/s1. The molecule has 10 nitrogen and oxygen atoms in total. The van der Waals surface area contributed by atoms with Crippen molar-refractivity contribution in [2.24, 2.45) is 5.92 Å². The van der Waals surface area contributed by atoms with Crippen molar-refractivity contribution in [1.82, 2.24) is 20.3 Å². The number of rotatable bonds is 9. The van der Waals surface area contributed by atoms with Crippen molar-refractivity contribution in [2.75, 3.05) is 13.1 Å². The van der Waals surface area contributed by atoms with E-state index in [4.69, 9.17) is 5.11 Å². The molecule has 0 bridgehead atoms. The normalized spacial score (nSPS) is 22.7. The fourth-order valence-corrected chi connectivity index (χ4v) is 4.09. The van der Waals surface area contributed by atoms with Crippen LogP contribution >= 0.6 is 0 Å². The number of alkyl halides is 2. The highest BCUT2D eigenvalue weighted by molar-refractivity contribution is 7.85. The van der Waals surface area contributed by atoms with Gasteiger partial charge in [-0.25, -0.2) is 17.8 Å². The molecule has 1 aliphatic carbocycles. The van der Waals surface area contributed by atoms with E-state index in [1.165, 1.54) is 0 Å². The summed E-state index contributed by atoms with van der Waals surface area (Å²) in [4.78, 5) is 49.1. The van der Waals surface area contributed by atoms with Gasteiger partial charge in [-0.15, -0.1) is 0 Å². The highest BCUT2D eigenvalue weighted by Crippen LogP contribution is 2.40. The third kappa shape index (κ3) is 5.86. The van der Waals surface area contributed by atoms with Crippen LogP contribution in [-0.2, 0) is 25.4 Å². The molecule has 13 heteroatoms. The van der Waals surface area contributed by atoms with Crippen molar-refractivity contribution in [2.45, 2.75) is 62.8 Å². The SMILES string of the molecule is C[C@@H](C(F)F)C(NC(=O)C1CCCN1C(=O)CNC(=O)O)C(=O)NS(=O)C1(C)CC1. The van der Waals surface area contributed by atoms with Crippen molar-refractivity contribution in [1.29, 1.82) is 0 Å². The fraction of sp³-hybridized carbons (Fsp3) is 0.765. The maximum Gasteiger partial charge on any atom is 0.405 e. The van der Waals surface area contributed by atoms with Crippen LogP contribution in [0.5, 0.6) is 0 Å². The van der Waals surface area contributed by atoms with E-state index < -0.39 is 70.5 Å². The summed E-state index contributed by atoms with van der Waals surface area (Å²) >= 11 is 0. The van der Waals surface area contributed by atoms with Crippen molar-refractivity contribution < 1.29 is 37.3 Å². The van der Waals surface area contributed by atoms with Gasteiger partial charge in [0.25, 0.3) is 5.91 Å². The Morgan fingerprint density at radius 2 is 1.90 bits per heavy atom. The molecule has 0 aromatic carbocycles. The summed E-state index contributed by atoms with van der Waals surface area (Å²) in [6.45, 7) is 2.45. The van der Waals surface area contributed by atoms with Crippen LogP contribution in [0.4, 0.5) is 13.6 Å². The lowest BCUT2D eigenvalue weighted by Crippen LogP contribution is -2.57. The zero-order valence-corrected chi connectivity index (χ0v) is 17.5. The third-order valence-electron chi connectivity index (χ3n) is 5.37. The van der Waals surface area contributed by atoms with Crippen molar-refractivity contribution in [3.63, 3.8) is 0 Å². The van der Waals surface area contributed by atoms with Crippen LogP contribution in [0.15, 0.2) is 0 Å². The molecule has 1 saturated carbocycles. The lowest BCUT2D eigenvalue weighted by molar-refractivity contribution is -0.139. The van der Waals surface area contributed by atoms with E-state index in [0.29, 0.717) is 19.3 Å². The number of hydrogen-bond donors (Lipinski definition) is 4. The van der Waals surface area contributed by atoms with Gasteiger partial charge < -0.3 is 20.6 Å². The zero-order valence-electron chi connectivity index (χ0n) is 16.7. The summed E-state index contributed by atoms with van der Waals surface area (Å²) in [6.07, 6.45) is -2.36. The summed E-state index contributed by atoms with van der Waals surface area (Å²) in [5.41, 5.74) is 0. The minimum absolute atomic E-state index is 0.196. The molecule has 1 aliphatic heterocycles. The third-order valence-corrected chi connectivity index (χ3v) is 7.06. The number of carbonyl (C=O) groups excluding carboxylic acids is 3. The second-order valence-electron chi connectivity index (χ2n) is 7.77. The van der Waals surface area contributed by atoms with Crippen LogP contribution in [0.2, 0.25) is 0 Å². The number of nitrogens with one attached hydrogen (secondary N) is 3. The molecule has 0 radical (unpaired) electrons. The monoisotopic (exact) mass is 452 g/mol. The van der Waals surface area contributed by atoms with Gasteiger partial charge in [-0.2, -0.15) is 0 Å². The van der Waals surface area contributed by atoms with E-state index >= 15 is 0 Å². The van der Waals surface area contributed by atoms with Crippen LogP contribution in [-0.4, -0.2) is 74.4 Å². The van der Waals surface area contributed by atoms with Gasteiger partial charge in [-0.1, -0.05) is 6.92 Å². The minimum atomic E-state index is -2.92. The maximum atomic E-state index is 13.3. The molecule has 0 aromatic rings. The number of carboxylic acid groups (broad SMARTS) is 1. The molecule has 4 N–H and O–H groups in total. The van der Waals surface area contributed by atoms with Crippen molar-refractivity contribution >= 4 is 34.8 Å². The van der Waals surface area contributed by atoms with Gasteiger partial charge in [0.1, 0.15) is 29.6 Å². The molecule has 2 aliphatic rings. The molecule has 0 aromatic heterocycles. The number of hydrogen-bond acceptors (Lipinski definition) is 5. The summed E-state index contributed by atoms with van der Waals surface area (Å²) in [5, 5.41) is 12.8. The number of nitrogens with zero attached hydrogens (tertiary/aromatic N) is 1. The van der Waals surface area contributed by atoms with Crippen LogP contribution in [0.1, 0.15) is 39.5 Å². The lowest BCUT2D eigenvalue weighted by atomic mass is 10.0. The number of amides is 4. The van der Waals surface area contributed by atoms with Gasteiger partial charge >= 0.3 is 6.09 Å². The van der Waals surface area contributed by atoms with Crippen molar-refractivity contribution in [3.8, 4) is 0 Å². The number of likely N-dealkylation sites (tertiary alicyclic amines) is 1. The predicted octanol–water partition coefficient (Wildman–Crippen LogP) is -0.0366. The zero-order chi connectivity index (χ0) is 22.6. The Morgan fingerprint density at radius 1 is 1.27 bits per heavy atom. The fourth-order valence-electron chi connectivity index (χ4n) is 3.06. The molecule has 170 valence electrons. The van der Waals surface area contributed by atoms with Crippen LogP contribution in [0, 0.1) is 5.92 Å². The van der Waals surface area contributed by atoms with E-state index in [9.17, 15) is 32.2 Å². The molecule has 1 saturated heterocycles. The molecular weight excluding hydrogens is 426 g/mol. The summed E-state index contributed by atoms with van der Waals surface area (Å²) in [6, 6.07) is -2.65. The smallest absolute Gasteiger partial charge is 0.405 e. The molecule has 4 amide bonds. The second-order valence-corrected chi connectivity index (χ2v) is 9.50. The van der Waals surface area contributed by atoms with Crippen LogP contribution in [0.3, 0.4) is 0 Å². The molecule has 2 fully saturated rings. The van der Waals surface area contributed by atoms with Crippen molar-refractivity contribution in [3.05, 3.63) is 0 Å². The average Bonchev–Trinajstić information content (AvgIpc) is 3.24. The highest BCUT2D eigenvalue weighted by atomic mass is 32.2. The Bertz CT molecular complexity index is 733. The van der Waals surface area contributed by atoms with E-state index in [-0.39, 0.29) is 13.0 Å². The Balaban J connectivity index is 2.07. The highest BCUT2D eigenvalue weighted by Gasteiger charge is 2.46. The van der Waals surface area contributed by atoms with Gasteiger partial charge in [0.15, 0.2) is 0 Å². The van der Waals surface area contributed by atoms with Gasteiger partial charge in [0, 0.05) is 12.5 Å². The largest absolute Gasteiger partial charge is 0.465 e. The second kappa shape index (κ2) is 9.67. The minimum Gasteiger partial charge on any atom is -0.465 e. The average molecular weight is 452 g/mol. The van der Waals surface area contributed by atoms with E-state index in [2.05, 4.69) is 10.0 Å². The Morgan fingerprint density at radius 3 is 2.43 bits per heavy atom. The molecule has 3 unspecified atom stereocenters. The first-order chi connectivity index (χ1) is 14.0. The predicted molar refractivity (Wildman–Crippen MR) is 102 cm³/mol. The van der Waals surface area contributed by atoms with Crippen LogP contribution in [0.25, 0.3) is 0 Å². The molecule has 1 heterocycles. The summed E-state index contributed by atoms with van der Waals surface area (Å²) in [7, 11) is -1.77. The van der Waals surface area contributed by atoms with E-state index in [1.54, 1.807) is 6.92 Å².